The van der Waals surface area contributed by atoms with E-state index in [9.17, 15) is 5.11 Å². The molecule has 2 rings (SSSR count). The fraction of sp³-hybridized carbons (Fsp3) is 1.00. The Morgan fingerprint density at radius 1 is 1.38 bits per heavy atom. The van der Waals surface area contributed by atoms with E-state index in [2.05, 4.69) is 17.1 Å². The maximum Gasteiger partial charge on any atom is 0.0587 e. The molecule has 2 N–H and O–H groups in total. The van der Waals surface area contributed by atoms with Crippen molar-refractivity contribution in [1.82, 2.24) is 10.2 Å². The van der Waals surface area contributed by atoms with Crippen molar-refractivity contribution in [3.63, 3.8) is 0 Å². The summed E-state index contributed by atoms with van der Waals surface area (Å²) in [5, 5.41) is 13.0. The van der Waals surface area contributed by atoms with Crippen LogP contribution in [0.15, 0.2) is 0 Å². The number of ether oxygens (including phenoxy) is 1. The van der Waals surface area contributed by atoms with Gasteiger partial charge in [0.1, 0.15) is 0 Å². The van der Waals surface area contributed by atoms with Crippen LogP contribution in [0.1, 0.15) is 39.0 Å². The smallest absolute Gasteiger partial charge is 0.0587 e. The molecule has 0 aromatic rings. The monoisotopic (exact) mass is 298 g/mol. The Hall–Kier alpha value is -0.160. The molecular weight excluding hydrogens is 264 g/mol. The zero-order valence-corrected chi connectivity index (χ0v) is 13.9. The summed E-state index contributed by atoms with van der Waals surface area (Å²) in [4.78, 5) is 2.59. The summed E-state index contributed by atoms with van der Waals surface area (Å²) in [5.74, 6) is 1.35. The summed E-state index contributed by atoms with van der Waals surface area (Å²) in [6.07, 6.45) is 6.60. The van der Waals surface area contributed by atoms with Gasteiger partial charge < -0.3 is 20.1 Å². The number of hydrogen-bond acceptors (Lipinski definition) is 4. The number of aliphatic hydroxyl groups excluding tert-OH is 1. The number of aliphatic hydroxyl groups is 1. The van der Waals surface area contributed by atoms with Crippen LogP contribution in [-0.2, 0) is 4.74 Å². The Kier molecular flexibility index (Phi) is 6.93. The van der Waals surface area contributed by atoms with E-state index >= 15 is 0 Å². The van der Waals surface area contributed by atoms with E-state index in [4.69, 9.17) is 4.74 Å². The Morgan fingerprint density at radius 2 is 2.24 bits per heavy atom. The fourth-order valence-electron chi connectivity index (χ4n) is 4.34. The normalized spacial score (nSPS) is 34.4. The van der Waals surface area contributed by atoms with Gasteiger partial charge in [-0.15, -0.1) is 0 Å². The maximum atomic E-state index is 9.34. The average Bonchev–Trinajstić information content (AvgIpc) is 2.91. The molecule has 124 valence electrons. The second-order valence-corrected chi connectivity index (χ2v) is 7.44. The van der Waals surface area contributed by atoms with Crippen molar-refractivity contribution >= 4 is 0 Å². The van der Waals surface area contributed by atoms with E-state index in [1.807, 2.05) is 0 Å². The van der Waals surface area contributed by atoms with Crippen molar-refractivity contribution in [3.05, 3.63) is 0 Å². The van der Waals surface area contributed by atoms with Crippen molar-refractivity contribution in [2.75, 3.05) is 53.0 Å². The molecule has 21 heavy (non-hydrogen) atoms. The summed E-state index contributed by atoms with van der Waals surface area (Å²) < 4.78 is 5.15. The highest BCUT2D eigenvalue weighted by Crippen LogP contribution is 2.40. The number of methoxy groups -OCH3 is 1. The first-order chi connectivity index (χ1) is 10.2. The Morgan fingerprint density at radius 3 is 2.90 bits per heavy atom. The third-order valence-electron chi connectivity index (χ3n) is 5.36. The number of likely N-dealkylation sites (tertiary alicyclic amines) is 1. The molecule has 1 saturated heterocycles. The zero-order valence-electron chi connectivity index (χ0n) is 13.9. The van der Waals surface area contributed by atoms with Crippen molar-refractivity contribution in [2.24, 2.45) is 17.3 Å². The van der Waals surface area contributed by atoms with Gasteiger partial charge in [0.25, 0.3) is 0 Å². The molecule has 0 aromatic heterocycles. The highest BCUT2D eigenvalue weighted by Gasteiger charge is 2.37. The van der Waals surface area contributed by atoms with Gasteiger partial charge in [-0.25, -0.2) is 0 Å². The molecular formula is C17H34N2O2. The van der Waals surface area contributed by atoms with Gasteiger partial charge in [-0.05, 0) is 43.1 Å². The van der Waals surface area contributed by atoms with Crippen molar-refractivity contribution in [2.45, 2.75) is 39.0 Å². The van der Waals surface area contributed by atoms with Gasteiger partial charge in [0.2, 0.25) is 0 Å². The number of rotatable bonds is 8. The van der Waals surface area contributed by atoms with Gasteiger partial charge >= 0.3 is 0 Å². The molecule has 1 aliphatic carbocycles. The maximum absolute atomic E-state index is 9.34. The second-order valence-electron chi connectivity index (χ2n) is 7.44. The quantitative estimate of drug-likeness (QED) is 0.670. The number of hydrogen-bond donors (Lipinski definition) is 2. The van der Waals surface area contributed by atoms with Gasteiger partial charge in [-0.3, -0.25) is 0 Å². The van der Waals surface area contributed by atoms with Crippen LogP contribution in [0.2, 0.25) is 0 Å². The summed E-state index contributed by atoms with van der Waals surface area (Å²) in [7, 11) is 1.76. The second kappa shape index (κ2) is 8.47. The molecule has 1 heterocycles. The SMILES string of the molecule is COCCNCC1(CN2CCC(CO)C2)CCCC(C)C1. The molecule has 0 bridgehead atoms. The lowest BCUT2D eigenvalue weighted by Crippen LogP contribution is -2.46. The van der Waals surface area contributed by atoms with Gasteiger partial charge in [-0.2, -0.15) is 0 Å². The molecule has 2 aliphatic rings. The highest BCUT2D eigenvalue weighted by atomic mass is 16.5. The molecule has 3 unspecified atom stereocenters. The van der Waals surface area contributed by atoms with Crippen molar-refractivity contribution in [3.8, 4) is 0 Å². The first-order valence-electron chi connectivity index (χ1n) is 8.70. The van der Waals surface area contributed by atoms with Gasteiger partial charge in [-0.1, -0.05) is 19.8 Å². The minimum absolute atomic E-state index is 0.353. The lowest BCUT2D eigenvalue weighted by atomic mass is 9.69. The summed E-state index contributed by atoms with van der Waals surface area (Å²) >= 11 is 0. The van der Waals surface area contributed by atoms with Gasteiger partial charge in [0.15, 0.2) is 0 Å². The minimum atomic E-state index is 0.353. The van der Waals surface area contributed by atoms with Gasteiger partial charge in [0, 0.05) is 39.9 Å². The summed E-state index contributed by atoms with van der Waals surface area (Å²) in [5.41, 5.74) is 0.426. The van der Waals surface area contributed by atoms with E-state index in [-0.39, 0.29) is 0 Å². The Balaban J connectivity index is 1.88. The lowest BCUT2D eigenvalue weighted by molar-refractivity contribution is 0.0847. The Bertz CT molecular complexity index is 301. The standard InChI is InChI=1S/C17H34N2O2/c1-15-4-3-6-17(10-15,13-18-7-9-21-2)14-19-8-5-16(11-19)12-20/h15-16,18,20H,3-14H2,1-2H3. The van der Waals surface area contributed by atoms with Gasteiger partial charge in [0.05, 0.1) is 6.61 Å². The number of nitrogens with one attached hydrogen (secondary N) is 1. The van der Waals surface area contributed by atoms with Crippen LogP contribution in [-0.4, -0.2) is 63.1 Å². The van der Waals surface area contributed by atoms with Crippen LogP contribution in [0.5, 0.6) is 0 Å². The van der Waals surface area contributed by atoms with E-state index < -0.39 is 0 Å². The van der Waals surface area contributed by atoms with Crippen LogP contribution >= 0.6 is 0 Å². The minimum Gasteiger partial charge on any atom is -0.396 e. The molecule has 1 aliphatic heterocycles. The predicted octanol–water partition coefficient (Wildman–Crippen LogP) is 1.73. The summed E-state index contributed by atoms with van der Waals surface area (Å²) in [6.45, 7) is 9.07. The third kappa shape index (κ3) is 5.20. The largest absolute Gasteiger partial charge is 0.396 e. The third-order valence-corrected chi connectivity index (χ3v) is 5.36. The molecule has 2 fully saturated rings. The first-order valence-corrected chi connectivity index (χ1v) is 8.70. The van der Waals surface area contributed by atoms with Crippen LogP contribution in [0.25, 0.3) is 0 Å². The van der Waals surface area contributed by atoms with E-state index in [1.165, 1.54) is 45.2 Å². The van der Waals surface area contributed by atoms with Crippen molar-refractivity contribution < 1.29 is 9.84 Å². The molecule has 0 radical (unpaired) electrons. The van der Waals surface area contributed by atoms with Crippen molar-refractivity contribution in [1.29, 1.82) is 0 Å². The molecule has 4 heteroatoms. The lowest BCUT2D eigenvalue weighted by Gasteiger charge is -2.43. The number of nitrogens with zero attached hydrogens (tertiary/aromatic N) is 1. The van der Waals surface area contributed by atoms with E-state index in [0.717, 1.165) is 32.2 Å². The molecule has 1 saturated carbocycles. The molecule has 0 amide bonds. The van der Waals surface area contributed by atoms with Crippen LogP contribution in [0.4, 0.5) is 0 Å². The van der Waals surface area contributed by atoms with E-state index in [1.54, 1.807) is 7.11 Å². The first kappa shape index (κ1) is 17.2. The molecule has 0 spiro atoms. The Labute approximate surface area is 130 Å². The van der Waals surface area contributed by atoms with Crippen LogP contribution in [0, 0.1) is 17.3 Å². The molecule has 0 aromatic carbocycles. The topological polar surface area (TPSA) is 44.7 Å². The summed E-state index contributed by atoms with van der Waals surface area (Å²) in [6, 6.07) is 0. The highest BCUT2D eigenvalue weighted by molar-refractivity contribution is 4.91. The predicted molar refractivity (Wildman–Crippen MR) is 86.4 cm³/mol. The molecule has 4 nitrogen and oxygen atoms in total. The van der Waals surface area contributed by atoms with E-state index in [0.29, 0.717) is 17.9 Å². The zero-order chi connectivity index (χ0) is 15.1. The average molecular weight is 298 g/mol. The van der Waals surface area contributed by atoms with Crippen LogP contribution in [0.3, 0.4) is 0 Å². The fourth-order valence-corrected chi connectivity index (χ4v) is 4.34. The van der Waals surface area contributed by atoms with Crippen LogP contribution < -0.4 is 5.32 Å². The molecule has 3 atom stereocenters.